The van der Waals surface area contributed by atoms with Gasteiger partial charge in [-0.05, 0) is 31.5 Å². The van der Waals surface area contributed by atoms with Crippen LogP contribution < -0.4 is 0 Å². The fraction of sp³-hybridized carbons (Fsp3) is 0.409. The van der Waals surface area contributed by atoms with Crippen molar-refractivity contribution in [3.63, 3.8) is 0 Å². The molecule has 0 aromatic heterocycles. The number of sulfonamides is 1. The molecular formula is C22H26N2O3S. The first-order chi connectivity index (χ1) is 13.4. The summed E-state index contributed by atoms with van der Waals surface area (Å²) in [4.78, 5) is 15.2. The monoisotopic (exact) mass is 398 g/mol. The molecule has 2 aromatic rings. The number of ketones is 1. The normalized spacial score (nSPS) is 26.4. The smallest absolute Gasteiger partial charge is 0.243 e. The van der Waals surface area contributed by atoms with Crippen LogP contribution in [0.5, 0.6) is 0 Å². The van der Waals surface area contributed by atoms with Crippen molar-refractivity contribution in [3.8, 4) is 0 Å². The number of piperidine rings is 1. The number of carbonyl (C=O) groups excluding carboxylic acids is 1. The van der Waals surface area contributed by atoms with Crippen molar-refractivity contribution in [2.24, 2.45) is 5.92 Å². The lowest BCUT2D eigenvalue weighted by atomic mass is 9.87. The molecule has 0 spiro atoms. The maximum Gasteiger partial charge on any atom is 0.243 e. The Hall–Kier alpha value is -2.02. The number of fused-ring (bicyclic) bond motifs is 1. The van der Waals surface area contributed by atoms with Gasteiger partial charge in [0, 0.05) is 44.1 Å². The zero-order valence-electron chi connectivity index (χ0n) is 16.3. The molecule has 148 valence electrons. The molecule has 2 heterocycles. The minimum absolute atomic E-state index is 0.0818. The number of rotatable bonds is 4. The van der Waals surface area contributed by atoms with Crippen molar-refractivity contribution >= 4 is 15.8 Å². The van der Waals surface area contributed by atoms with E-state index in [2.05, 4.69) is 17.0 Å². The van der Waals surface area contributed by atoms with Gasteiger partial charge in [-0.1, -0.05) is 48.0 Å². The van der Waals surface area contributed by atoms with Crippen LogP contribution in [-0.4, -0.2) is 48.6 Å². The lowest BCUT2D eigenvalue weighted by Gasteiger charge is -2.38. The standard InChI is InChI=1S/C22H26N2O3S/c1-16-8-10-19(11-9-16)28(26,27)24-15-20-21(25)12-13-23(22(20)17(24)2)14-18-6-4-3-5-7-18/h3-11,17,20,22H,12-15H2,1-2H3/t17-,20-,22-/m0/s1. The first kappa shape index (κ1) is 19.3. The van der Waals surface area contributed by atoms with Crippen LogP contribution in [-0.2, 0) is 21.4 Å². The Kier molecular flexibility index (Phi) is 5.12. The molecule has 0 radical (unpaired) electrons. The molecule has 0 aliphatic carbocycles. The third kappa shape index (κ3) is 3.41. The summed E-state index contributed by atoms with van der Waals surface area (Å²) in [5.74, 6) is -0.0737. The number of hydrogen-bond donors (Lipinski definition) is 0. The van der Waals surface area contributed by atoms with E-state index in [0.29, 0.717) is 17.9 Å². The molecule has 28 heavy (non-hydrogen) atoms. The maximum atomic E-state index is 13.3. The SMILES string of the molecule is Cc1ccc(S(=O)(=O)N2C[C@H]3C(=O)CCN(Cc4ccccc4)[C@H]3[C@@H]2C)cc1. The minimum atomic E-state index is -3.63. The molecule has 2 aliphatic heterocycles. The minimum Gasteiger partial charge on any atom is -0.299 e. The third-order valence-corrected chi connectivity index (χ3v) is 8.04. The lowest BCUT2D eigenvalue weighted by molar-refractivity contribution is -0.127. The Morgan fingerprint density at radius 2 is 1.71 bits per heavy atom. The van der Waals surface area contributed by atoms with E-state index < -0.39 is 10.0 Å². The largest absolute Gasteiger partial charge is 0.299 e. The van der Waals surface area contributed by atoms with E-state index in [1.54, 1.807) is 12.1 Å². The summed E-state index contributed by atoms with van der Waals surface area (Å²) in [6.07, 6.45) is 0.485. The number of benzene rings is 2. The van der Waals surface area contributed by atoms with Gasteiger partial charge in [0.15, 0.2) is 0 Å². The van der Waals surface area contributed by atoms with E-state index in [0.717, 1.165) is 12.1 Å². The quantitative estimate of drug-likeness (QED) is 0.795. The van der Waals surface area contributed by atoms with E-state index in [1.807, 2.05) is 44.2 Å². The first-order valence-corrected chi connectivity index (χ1v) is 11.2. The highest BCUT2D eigenvalue weighted by atomic mass is 32.2. The molecule has 5 nitrogen and oxygen atoms in total. The fourth-order valence-electron chi connectivity index (χ4n) is 4.58. The molecule has 0 N–H and O–H groups in total. The van der Waals surface area contributed by atoms with Gasteiger partial charge in [0.25, 0.3) is 0 Å². The van der Waals surface area contributed by atoms with Crippen molar-refractivity contribution < 1.29 is 13.2 Å². The summed E-state index contributed by atoms with van der Waals surface area (Å²) in [6, 6.07) is 16.8. The number of likely N-dealkylation sites (tertiary alicyclic amines) is 1. The Labute approximate surface area is 167 Å². The van der Waals surface area contributed by atoms with Gasteiger partial charge in [0.2, 0.25) is 10.0 Å². The second-order valence-corrected chi connectivity index (χ2v) is 9.79. The maximum absolute atomic E-state index is 13.3. The Morgan fingerprint density at radius 3 is 2.39 bits per heavy atom. The second kappa shape index (κ2) is 7.43. The van der Waals surface area contributed by atoms with Gasteiger partial charge >= 0.3 is 0 Å². The van der Waals surface area contributed by atoms with Gasteiger partial charge < -0.3 is 0 Å². The fourth-order valence-corrected chi connectivity index (χ4v) is 6.25. The zero-order chi connectivity index (χ0) is 19.9. The topological polar surface area (TPSA) is 57.7 Å². The Bertz CT molecular complexity index is 957. The number of nitrogens with zero attached hydrogens (tertiary/aromatic N) is 2. The van der Waals surface area contributed by atoms with Crippen molar-refractivity contribution in [2.45, 2.75) is 43.8 Å². The molecule has 0 unspecified atom stereocenters. The number of hydrogen-bond acceptors (Lipinski definition) is 4. The van der Waals surface area contributed by atoms with Crippen LogP contribution in [0.3, 0.4) is 0 Å². The van der Waals surface area contributed by atoms with Crippen molar-refractivity contribution in [1.82, 2.24) is 9.21 Å². The molecule has 2 aromatic carbocycles. The van der Waals surface area contributed by atoms with Gasteiger partial charge in [0.1, 0.15) is 5.78 Å². The number of Topliss-reactive ketones (excluding diaryl/α,β-unsaturated/α-hetero) is 1. The highest BCUT2D eigenvalue weighted by Gasteiger charge is 2.51. The summed E-state index contributed by atoms with van der Waals surface area (Å²) in [7, 11) is -3.63. The molecule has 0 amide bonds. The van der Waals surface area contributed by atoms with Crippen LogP contribution in [0, 0.1) is 12.8 Å². The summed E-state index contributed by atoms with van der Waals surface area (Å²) < 4.78 is 28.1. The van der Waals surface area contributed by atoms with Crippen LogP contribution in [0.4, 0.5) is 0 Å². The molecule has 4 rings (SSSR count). The first-order valence-electron chi connectivity index (χ1n) is 9.77. The average molecular weight is 399 g/mol. The summed E-state index contributed by atoms with van der Waals surface area (Å²) in [6.45, 7) is 5.55. The highest BCUT2D eigenvalue weighted by molar-refractivity contribution is 7.89. The Morgan fingerprint density at radius 1 is 1.04 bits per heavy atom. The van der Waals surface area contributed by atoms with Gasteiger partial charge in [-0.2, -0.15) is 4.31 Å². The third-order valence-electron chi connectivity index (χ3n) is 6.07. The van der Waals surface area contributed by atoms with E-state index in [9.17, 15) is 13.2 Å². The van der Waals surface area contributed by atoms with Crippen molar-refractivity contribution in [1.29, 1.82) is 0 Å². The van der Waals surface area contributed by atoms with Crippen LogP contribution in [0.1, 0.15) is 24.5 Å². The molecule has 2 aliphatic rings. The summed E-state index contributed by atoms with van der Waals surface area (Å²) in [5.41, 5.74) is 2.20. The molecule has 6 heteroatoms. The molecule has 0 saturated carbocycles. The van der Waals surface area contributed by atoms with Crippen molar-refractivity contribution in [3.05, 3.63) is 65.7 Å². The molecule has 2 saturated heterocycles. The van der Waals surface area contributed by atoms with E-state index in [4.69, 9.17) is 0 Å². The Balaban J connectivity index is 1.63. The number of aryl methyl sites for hydroxylation is 1. The summed E-state index contributed by atoms with van der Waals surface area (Å²) in [5, 5.41) is 0. The average Bonchev–Trinajstić information content (AvgIpc) is 3.05. The molecule has 0 bridgehead atoms. The number of carbonyl (C=O) groups is 1. The van der Waals surface area contributed by atoms with Crippen LogP contribution in [0.25, 0.3) is 0 Å². The molecule has 2 fully saturated rings. The van der Waals surface area contributed by atoms with Gasteiger partial charge in [-0.25, -0.2) is 8.42 Å². The lowest BCUT2D eigenvalue weighted by Crippen LogP contribution is -2.51. The van der Waals surface area contributed by atoms with Gasteiger partial charge in [0.05, 0.1) is 4.90 Å². The van der Waals surface area contributed by atoms with Gasteiger partial charge in [-0.3, -0.25) is 9.69 Å². The van der Waals surface area contributed by atoms with Gasteiger partial charge in [-0.15, -0.1) is 0 Å². The van der Waals surface area contributed by atoms with E-state index in [1.165, 1.54) is 9.87 Å². The van der Waals surface area contributed by atoms with Crippen LogP contribution in [0.2, 0.25) is 0 Å². The van der Waals surface area contributed by atoms with Crippen LogP contribution >= 0.6 is 0 Å². The molecule has 3 atom stereocenters. The zero-order valence-corrected chi connectivity index (χ0v) is 17.1. The second-order valence-electron chi connectivity index (χ2n) is 7.90. The summed E-state index contributed by atoms with van der Waals surface area (Å²) >= 11 is 0. The molecular weight excluding hydrogens is 372 g/mol. The van der Waals surface area contributed by atoms with E-state index >= 15 is 0 Å². The van der Waals surface area contributed by atoms with E-state index in [-0.39, 0.29) is 30.3 Å². The predicted molar refractivity (Wildman–Crippen MR) is 108 cm³/mol. The predicted octanol–water partition coefficient (Wildman–Crippen LogP) is 2.85. The highest BCUT2D eigenvalue weighted by Crippen LogP contribution is 2.37. The van der Waals surface area contributed by atoms with Crippen LogP contribution in [0.15, 0.2) is 59.5 Å². The van der Waals surface area contributed by atoms with Crippen molar-refractivity contribution in [2.75, 3.05) is 13.1 Å².